The summed E-state index contributed by atoms with van der Waals surface area (Å²) >= 11 is 5.83. The molecule has 0 aliphatic carbocycles. The molecule has 1 heterocycles. The van der Waals surface area contributed by atoms with E-state index in [0.717, 1.165) is 6.20 Å². The van der Waals surface area contributed by atoms with Gasteiger partial charge in [-0.2, -0.15) is 5.10 Å². The fourth-order valence-corrected chi connectivity index (χ4v) is 4.14. The van der Waals surface area contributed by atoms with E-state index in [1.165, 1.54) is 67.4 Å². The second-order valence-electron chi connectivity index (χ2n) is 6.53. The number of amides is 1. The van der Waals surface area contributed by atoms with E-state index in [9.17, 15) is 18.0 Å². The summed E-state index contributed by atoms with van der Waals surface area (Å²) in [7, 11) is -2.52. The molecule has 0 radical (unpaired) electrons. The van der Waals surface area contributed by atoms with Crippen molar-refractivity contribution in [1.29, 1.82) is 0 Å². The summed E-state index contributed by atoms with van der Waals surface area (Å²) in [6, 6.07) is 8.97. The Balaban J connectivity index is 1.90. The number of carboxylic acids is 1. The predicted molar refractivity (Wildman–Crippen MR) is 112 cm³/mol. The van der Waals surface area contributed by atoms with Gasteiger partial charge in [-0.1, -0.05) is 11.6 Å². The van der Waals surface area contributed by atoms with Crippen LogP contribution in [0.4, 0.5) is 5.69 Å². The second kappa shape index (κ2) is 8.78. The van der Waals surface area contributed by atoms with Crippen molar-refractivity contribution in [3.05, 3.63) is 65.4 Å². The predicted octanol–water partition coefficient (Wildman–Crippen LogP) is 3.28. The number of aromatic carboxylic acids is 1. The molecule has 0 aliphatic heterocycles. The molecule has 2 aromatic carbocycles. The van der Waals surface area contributed by atoms with Gasteiger partial charge in [0.1, 0.15) is 11.8 Å². The fraction of sp³-hybridized carbons (Fsp3) is 0.150. The Kier molecular flexibility index (Phi) is 6.32. The largest absolute Gasteiger partial charge is 0.497 e. The lowest BCUT2D eigenvalue weighted by Gasteiger charge is -2.15. The molecule has 0 fully saturated rings. The van der Waals surface area contributed by atoms with Crippen LogP contribution in [-0.2, 0) is 14.6 Å². The summed E-state index contributed by atoms with van der Waals surface area (Å²) in [4.78, 5) is 23.6. The third-order valence-electron chi connectivity index (χ3n) is 4.44. The summed E-state index contributed by atoms with van der Waals surface area (Å²) in [6.07, 6.45) is 2.36. The minimum atomic E-state index is -3.90. The molecule has 2 N–H and O–H groups in total. The zero-order chi connectivity index (χ0) is 22.8. The van der Waals surface area contributed by atoms with Crippen LogP contribution in [0.1, 0.15) is 23.3 Å². The minimum Gasteiger partial charge on any atom is -0.497 e. The number of carbonyl (C=O) groups excluding carboxylic acids is 1. The molecular formula is C20H18ClN3O6S. The number of hydrogen-bond donors (Lipinski definition) is 2. The monoisotopic (exact) mass is 463 g/mol. The number of methoxy groups -OCH3 is 1. The number of anilines is 1. The highest BCUT2D eigenvalue weighted by atomic mass is 35.5. The molecule has 9 nitrogen and oxygen atoms in total. The Morgan fingerprint density at radius 2 is 1.84 bits per heavy atom. The first kappa shape index (κ1) is 22.3. The van der Waals surface area contributed by atoms with Crippen LogP contribution in [0.15, 0.2) is 64.6 Å². The SMILES string of the molecule is COc1cc(NC(=O)C(C)n2cc(C(=O)O)cn2)cc(S(=O)(=O)c2ccc(Cl)cc2)c1. The molecule has 1 unspecified atom stereocenters. The van der Waals surface area contributed by atoms with Crippen molar-refractivity contribution in [3.8, 4) is 5.75 Å². The lowest BCUT2D eigenvalue weighted by molar-refractivity contribution is -0.119. The van der Waals surface area contributed by atoms with Crippen molar-refractivity contribution in [1.82, 2.24) is 9.78 Å². The topological polar surface area (TPSA) is 128 Å². The average Bonchev–Trinajstić information content (AvgIpc) is 3.23. The Labute approximate surface area is 183 Å². The Morgan fingerprint density at radius 1 is 1.16 bits per heavy atom. The molecule has 3 rings (SSSR count). The summed E-state index contributed by atoms with van der Waals surface area (Å²) in [5.74, 6) is -1.46. The number of sulfone groups is 1. The first-order valence-corrected chi connectivity index (χ1v) is 10.8. The normalized spacial score (nSPS) is 12.2. The maximum absolute atomic E-state index is 13.0. The van der Waals surface area contributed by atoms with Gasteiger partial charge in [-0.05, 0) is 43.3 Å². The van der Waals surface area contributed by atoms with E-state index in [1.54, 1.807) is 0 Å². The average molecular weight is 464 g/mol. The maximum Gasteiger partial charge on any atom is 0.338 e. The summed E-state index contributed by atoms with van der Waals surface area (Å²) in [5, 5.41) is 15.9. The number of rotatable bonds is 7. The van der Waals surface area contributed by atoms with E-state index in [4.69, 9.17) is 21.4 Å². The van der Waals surface area contributed by atoms with Gasteiger partial charge in [-0.3, -0.25) is 9.48 Å². The van der Waals surface area contributed by atoms with Crippen molar-refractivity contribution in [3.63, 3.8) is 0 Å². The molecule has 1 amide bonds. The highest BCUT2D eigenvalue weighted by Crippen LogP contribution is 2.29. The van der Waals surface area contributed by atoms with Crippen LogP contribution in [-0.4, -0.2) is 42.3 Å². The van der Waals surface area contributed by atoms with Crippen molar-refractivity contribution in [2.24, 2.45) is 0 Å². The van der Waals surface area contributed by atoms with Gasteiger partial charge in [0.05, 0.1) is 28.7 Å². The summed E-state index contributed by atoms with van der Waals surface area (Å²) in [6.45, 7) is 1.53. The van der Waals surface area contributed by atoms with Crippen LogP contribution >= 0.6 is 11.6 Å². The molecule has 162 valence electrons. The molecule has 0 spiro atoms. The number of halogens is 1. The molecule has 1 aromatic heterocycles. The van der Waals surface area contributed by atoms with E-state index >= 15 is 0 Å². The van der Waals surface area contributed by atoms with Crippen molar-refractivity contribution in [2.45, 2.75) is 22.8 Å². The zero-order valence-electron chi connectivity index (χ0n) is 16.4. The molecule has 0 bridgehead atoms. The quantitative estimate of drug-likeness (QED) is 0.550. The maximum atomic E-state index is 13.0. The van der Waals surface area contributed by atoms with Gasteiger partial charge in [-0.15, -0.1) is 0 Å². The third kappa shape index (κ3) is 4.86. The molecule has 11 heteroatoms. The number of carbonyl (C=O) groups is 2. The number of nitrogens with zero attached hydrogens (tertiary/aromatic N) is 2. The Bertz CT molecular complexity index is 1240. The smallest absolute Gasteiger partial charge is 0.338 e. The van der Waals surface area contributed by atoms with Gasteiger partial charge >= 0.3 is 5.97 Å². The summed E-state index contributed by atoms with van der Waals surface area (Å²) in [5.41, 5.74) is 0.131. The molecule has 0 saturated carbocycles. The van der Waals surface area contributed by atoms with E-state index in [0.29, 0.717) is 5.02 Å². The fourth-order valence-electron chi connectivity index (χ4n) is 2.69. The van der Waals surface area contributed by atoms with Gasteiger partial charge < -0.3 is 15.2 Å². The first-order valence-electron chi connectivity index (χ1n) is 8.90. The second-order valence-corrected chi connectivity index (χ2v) is 8.92. The van der Waals surface area contributed by atoms with Crippen LogP contribution in [0.5, 0.6) is 5.75 Å². The molecule has 31 heavy (non-hydrogen) atoms. The van der Waals surface area contributed by atoms with E-state index in [2.05, 4.69) is 10.4 Å². The number of aromatic nitrogens is 2. The minimum absolute atomic E-state index is 0.0357. The van der Waals surface area contributed by atoms with Gasteiger partial charge in [0.2, 0.25) is 15.7 Å². The Morgan fingerprint density at radius 3 is 2.42 bits per heavy atom. The molecular weight excluding hydrogens is 446 g/mol. The van der Waals surface area contributed by atoms with Crippen LogP contribution in [0.2, 0.25) is 5.02 Å². The lowest BCUT2D eigenvalue weighted by Crippen LogP contribution is -2.24. The van der Waals surface area contributed by atoms with Gasteiger partial charge in [0.25, 0.3) is 0 Å². The molecule has 3 aromatic rings. The number of hydrogen-bond acceptors (Lipinski definition) is 6. The van der Waals surface area contributed by atoms with Crippen molar-refractivity contribution in [2.75, 3.05) is 12.4 Å². The number of nitrogens with one attached hydrogen (secondary N) is 1. The van der Waals surface area contributed by atoms with Gasteiger partial charge in [0.15, 0.2) is 0 Å². The van der Waals surface area contributed by atoms with Crippen LogP contribution in [0.25, 0.3) is 0 Å². The number of carboxylic acid groups (broad SMARTS) is 1. The van der Waals surface area contributed by atoms with Crippen molar-refractivity contribution < 1.29 is 27.9 Å². The third-order valence-corrected chi connectivity index (χ3v) is 6.44. The van der Waals surface area contributed by atoms with E-state index < -0.39 is 27.8 Å². The van der Waals surface area contributed by atoms with Crippen LogP contribution in [0.3, 0.4) is 0 Å². The lowest BCUT2D eigenvalue weighted by atomic mass is 10.2. The molecule has 1 atom stereocenters. The standard InChI is InChI=1S/C20H18ClN3O6S/c1-12(24-11-13(10-22-24)20(26)27)19(25)23-15-7-16(30-2)9-18(8-15)31(28,29)17-5-3-14(21)4-6-17/h3-12H,1-2H3,(H,23,25)(H,26,27). The van der Waals surface area contributed by atoms with E-state index in [-0.39, 0.29) is 26.8 Å². The number of ether oxygens (including phenoxy) is 1. The highest BCUT2D eigenvalue weighted by molar-refractivity contribution is 7.91. The summed E-state index contributed by atoms with van der Waals surface area (Å²) < 4.78 is 32.4. The molecule has 0 aliphatic rings. The van der Waals surface area contributed by atoms with Crippen LogP contribution < -0.4 is 10.1 Å². The van der Waals surface area contributed by atoms with Crippen molar-refractivity contribution >= 4 is 39.0 Å². The highest BCUT2D eigenvalue weighted by Gasteiger charge is 2.22. The first-order chi connectivity index (χ1) is 14.6. The Hall–Kier alpha value is -3.37. The molecule has 0 saturated heterocycles. The van der Waals surface area contributed by atoms with Gasteiger partial charge in [-0.25, -0.2) is 13.2 Å². The van der Waals surface area contributed by atoms with Crippen LogP contribution in [0, 0.1) is 0 Å². The number of benzene rings is 2. The van der Waals surface area contributed by atoms with E-state index in [1.807, 2.05) is 0 Å². The van der Waals surface area contributed by atoms with Gasteiger partial charge in [0, 0.05) is 23.0 Å². The zero-order valence-corrected chi connectivity index (χ0v) is 18.0.